The summed E-state index contributed by atoms with van der Waals surface area (Å²) in [5.41, 5.74) is 4.16. The Morgan fingerprint density at radius 1 is 0.677 bits per heavy atom. The second-order valence-electron chi connectivity index (χ2n) is 8.91. The maximum absolute atomic E-state index is 10.2. The normalized spacial score (nSPS) is 12.7. The molecular formula is C29H32O2. The molecule has 0 aliphatic carbocycles. The van der Waals surface area contributed by atoms with E-state index < -0.39 is 11.2 Å². The monoisotopic (exact) mass is 412 g/mol. The Kier molecular flexibility index (Phi) is 7.27. The zero-order chi connectivity index (χ0) is 22.3. The second kappa shape index (κ2) is 9.91. The molecule has 0 heterocycles. The van der Waals surface area contributed by atoms with E-state index in [9.17, 15) is 5.11 Å². The van der Waals surface area contributed by atoms with Gasteiger partial charge < -0.3 is 9.84 Å². The van der Waals surface area contributed by atoms with Gasteiger partial charge in [0.05, 0.1) is 17.8 Å². The van der Waals surface area contributed by atoms with Gasteiger partial charge in [-0.1, -0.05) is 103 Å². The van der Waals surface area contributed by atoms with E-state index in [1.807, 2.05) is 36.4 Å². The number of rotatable bonds is 8. The topological polar surface area (TPSA) is 29.5 Å². The van der Waals surface area contributed by atoms with Crippen LogP contribution in [0.3, 0.4) is 0 Å². The largest absolute Gasteiger partial charge is 0.388 e. The van der Waals surface area contributed by atoms with Crippen molar-refractivity contribution >= 4 is 24.3 Å². The van der Waals surface area contributed by atoms with Gasteiger partial charge in [0.1, 0.15) is 0 Å². The van der Waals surface area contributed by atoms with E-state index >= 15 is 0 Å². The summed E-state index contributed by atoms with van der Waals surface area (Å²) >= 11 is 0. The molecule has 0 aliphatic heterocycles. The van der Waals surface area contributed by atoms with E-state index in [4.69, 9.17) is 4.74 Å². The molecule has 160 valence electrons. The van der Waals surface area contributed by atoms with Crippen molar-refractivity contribution < 1.29 is 9.84 Å². The highest BCUT2D eigenvalue weighted by Crippen LogP contribution is 2.33. The highest BCUT2D eigenvalue weighted by atomic mass is 16.5. The van der Waals surface area contributed by atoms with Crippen LogP contribution in [0, 0.1) is 0 Å². The van der Waals surface area contributed by atoms with Gasteiger partial charge in [-0.3, -0.25) is 0 Å². The Morgan fingerprint density at radius 2 is 1.23 bits per heavy atom. The molecule has 3 aromatic carbocycles. The van der Waals surface area contributed by atoms with Gasteiger partial charge >= 0.3 is 0 Å². The summed E-state index contributed by atoms with van der Waals surface area (Å²) in [4.78, 5) is 0. The molecule has 3 aromatic rings. The molecule has 0 spiro atoms. The van der Waals surface area contributed by atoms with Crippen LogP contribution in [-0.4, -0.2) is 17.3 Å². The van der Waals surface area contributed by atoms with Crippen LogP contribution in [0.15, 0.2) is 78.9 Å². The Labute approximate surface area is 186 Å². The number of benzene rings is 3. The first-order chi connectivity index (χ1) is 14.7. The zero-order valence-electron chi connectivity index (χ0n) is 18.9. The molecule has 0 radical (unpaired) electrons. The fourth-order valence-corrected chi connectivity index (χ4v) is 3.37. The lowest BCUT2D eigenvalue weighted by Crippen LogP contribution is -2.33. The summed E-state index contributed by atoms with van der Waals surface area (Å²) in [6.07, 6.45) is 8.56. The minimum Gasteiger partial charge on any atom is -0.388 e. The number of hydrogen-bond donors (Lipinski definition) is 1. The molecule has 0 fully saturated rings. The van der Waals surface area contributed by atoms with Crippen LogP contribution in [0.5, 0.6) is 0 Å². The van der Waals surface area contributed by atoms with Crippen molar-refractivity contribution in [3.05, 3.63) is 107 Å². The van der Waals surface area contributed by atoms with Crippen LogP contribution in [0.4, 0.5) is 0 Å². The molecule has 2 heteroatoms. The zero-order valence-corrected chi connectivity index (χ0v) is 18.9. The first-order valence-electron chi connectivity index (χ1n) is 10.7. The molecule has 0 amide bonds. The molecule has 0 saturated carbocycles. The summed E-state index contributed by atoms with van der Waals surface area (Å²) in [6.45, 7) is 7.89. The summed E-state index contributed by atoms with van der Waals surface area (Å²) in [5, 5.41) is 10.2. The lowest BCUT2D eigenvalue weighted by atomic mass is 9.88. The van der Waals surface area contributed by atoms with Crippen molar-refractivity contribution in [3.8, 4) is 0 Å². The molecule has 2 nitrogen and oxygen atoms in total. The molecule has 0 saturated heterocycles. The SMILES string of the molecule is CC(C)(O)COC(C)(C)c1cccc(/C=C/c2ccccc2)c1/C=C/c1ccccc1. The molecule has 31 heavy (non-hydrogen) atoms. The van der Waals surface area contributed by atoms with Gasteiger partial charge in [-0.05, 0) is 55.5 Å². The van der Waals surface area contributed by atoms with Crippen LogP contribution in [0.25, 0.3) is 24.3 Å². The lowest BCUT2D eigenvalue weighted by molar-refractivity contribution is -0.0945. The van der Waals surface area contributed by atoms with Gasteiger partial charge in [0.15, 0.2) is 0 Å². The fraction of sp³-hybridized carbons (Fsp3) is 0.241. The Bertz CT molecular complexity index is 1020. The molecule has 0 aromatic heterocycles. The van der Waals surface area contributed by atoms with Crippen molar-refractivity contribution in [1.29, 1.82) is 0 Å². The third kappa shape index (κ3) is 6.78. The fourth-order valence-electron chi connectivity index (χ4n) is 3.37. The van der Waals surface area contributed by atoms with E-state index in [2.05, 4.69) is 80.6 Å². The lowest BCUT2D eigenvalue weighted by Gasteiger charge is -2.31. The van der Waals surface area contributed by atoms with Crippen molar-refractivity contribution in [3.63, 3.8) is 0 Å². The standard InChI is InChI=1S/C29H32O2/c1-28(2,30)22-31-29(3,4)27-17-11-16-25(20-18-23-12-7-5-8-13-23)26(27)21-19-24-14-9-6-10-15-24/h5-21,30H,22H2,1-4H3/b20-18+,21-19+. The van der Waals surface area contributed by atoms with Crippen molar-refractivity contribution in [2.45, 2.75) is 38.9 Å². The number of ether oxygens (including phenoxy) is 1. The Morgan fingerprint density at radius 3 is 1.77 bits per heavy atom. The van der Waals surface area contributed by atoms with Crippen molar-refractivity contribution in [2.75, 3.05) is 6.61 Å². The first kappa shape index (κ1) is 22.7. The van der Waals surface area contributed by atoms with E-state index in [1.54, 1.807) is 13.8 Å². The van der Waals surface area contributed by atoms with Crippen molar-refractivity contribution in [2.24, 2.45) is 0 Å². The van der Waals surface area contributed by atoms with Gasteiger partial charge in [0.2, 0.25) is 0 Å². The molecule has 0 unspecified atom stereocenters. The molecule has 0 bridgehead atoms. The van der Waals surface area contributed by atoms with E-state index in [0.717, 1.165) is 27.8 Å². The number of aliphatic hydroxyl groups is 1. The summed E-state index contributed by atoms with van der Waals surface area (Å²) in [7, 11) is 0. The smallest absolute Gasteiger partial charge is 0.0882 e. The quantitative estimate of drug-likeness (QED) is 0.402. The predicted octanol–water partition coefficient (Wildman–Crippen LogP) is 7.05. The van der Waals surface area contributed by atoms with Gasteiger partial charge in [-0.15, -0.1) is 0 Å². The van der Waals surface area contributed by atoms with Gasteiger partial charge in [0.25, 0.3) is 0 Å². The summed E-state index contributed by atoms with van der Waals surface area (Å²) < 4.78 is 6.18. The Balaban J connectivity index is 2.03. The first-order valence-corrected chi connectivity index (χ1v) is 10.7. The highest BCUT2D eigenvalue weighted by molar-refractivity contribution is 5.81. The minimum atomic E-state index is -0.887. The highest BCUT2D eigenvalue weighted by Gasteiger charge is 2.27. The molecular weight excluding hydrogens is 380 g/mol. The van der Waals surface area contributed by atoms with Crippen LogP contribution in [0.1, 0.15) is 55.5 Å². The third-order valence-electron chi connectivity index (χ3n) is 5.07. The van der Waals surface area contributed by atoms with Gasteiger partial charge in [0, 0.05) is 0 Å². The number of hydrogen-bond acceptors (Lipinski definition) is 2. The van der Waals surface area contributed by atoms with Crippen LogP contribution >= 0.6 is 0 Å². The third-order valence-corrected chi connectivity index (χ3v) is 5.07. The molecule has 0 atom stereocenters. The van der Waals surface area contributed by atoms with Crippen LogP contribution < -0.4 is 0 Å². The molecule has 0 aliphatic rings. The van der Waals surface area contributed by atoms with Crippen molar-refractivity contribution in [1.82, 2.24) is 0 Å². The van der Waals surface area contributed by atoms with Gasteiger partial charge in [-0.25, -0.2) is 0 Å². The summed E-state index contributed by atoms with van der Waals surface area (Å²) in [6, 6.07) is 26.9. The van der Waals surface area contributed by atoms with E-state index in [-0.39, 0.29) is 6.61 Å². The second-order valence-corrected chi connectivity index (χ2v) is 8.91. The molecule has 1 N–H and O–H groups in total. The average Bonchev–Trinajstić information content (AvgIpc) is 2.76. The maximum atomic E-state index is 10.2. The predicted molar refractivity (Wildman–Crippen MR) is 132 cm³/mol. The average molecular weight is 413 g/mol. The van der Waals surface area contributed by atoms with E-state index in [1.165, 1.54) is 0 Å². The Hall–Kier alpha value is -2.94. The van der Waals surface area contributed by atoms with Crippen LogP contribution in [0.2, 0.25) is 0 Å². The van der Waals surface area contributed by atoms with Crippen LogP contribution in [-0.2, 0) is 10.3 Å². The van der Waals surface area contributed by atoms with E-state index in [0.29, 0.717) is 0 Å². The maximum Gasteiger partial charge on any atom is 0.0882 e. The minimum absolute atomic E-state index is 0.256. The molecule has 3 rings (SSSR count). The summed E-state index contributed by atoms with van der Waals surface area (Å²) in [5.74, 6) is 0. The van der Waals surface area contributed by atoms with Gasteiger partial charge in [-0.2, -0.15) is 0 Å².